The molecule has 0 amide bonds. The molecule has 88 valence electrons. The third-order valence-corrected chi connectivity index (χ3v) is 3.16. The van der Waals surface area contributed by atoms with Crippen molar-refractivity contribution in [2.75, 3.05) is 24.5 Å². The molecule has 2 N–H and O–H groups in total. The number of hydrogen-bond acceptors (Lipinski definition) is 3. The third kappa shape index (κ3) is 2.95. The molecule has 2 heterocycles. The van der Waals surface area contributed by atoms with Crippen molar-refractivity contribution in [1.29, 1.82) is 0 Å². The van der Waals surface area contributed by atoms with Gasteiger partial charge in [0, 0.05) is 30.7 Å². The lowest BCUT2D eigenvalue weighted by molar-refractivity contribution is 0.577. The van der Waals surface area contributed by atoms with Crippen LogP contribution in [-0.4, -0.2) is 24.6 Å². The number of aryl methyl sites for hydroxylation is 1. The van der Waals surface area contributed by atoms with E-state index in [1.54, 1.807) is 0 Å². The fourth-order valence-electron chi connectivity index (χ4n) is 2.23. The minimum absolute atomic E-state index is 0.746. The van der Waals surface area contributed by atoms with Gasteiger partial charge >= 0.3 is 0 Å². The Morgan fingerprint density at radius 3 is 2.81 bits per heavy atom. The number of anilines is 1. The van der Waals surface area contributed by atoms with Crippen LogP contribution in [0.15, 0.2) is 18.3 Å². The number of aromatic nitrogens is 1. The van der Waals surface area contributed by atoms with E-state index in [0.29, 0.717) is 0 Å². The summed E-state index contributed by atoms with van der Waals surface area (Å²) in [5, 5.41) is 0. The predicted octanol–water partition coefficient (Wildman–Crippen LogP) is 1.96. The summed E-state index contributed by atoms with van der Waals surface area (Å²) in [7, 11) is 0. The Hall–Kier alpha value is -1.09. The second kappa shape index (κ2) is 5.85. The lowest BCUT2D eigenvalue weighted by Gasteiger charge is -2.28. The van der Waals surface area contributed by atoms with Gasteiger partial charge in [-0.25, -0.2) is 0 Å². The molecule has 1 aromatic rings. The highest BCUT2D eigenvalue weighted by molar-refractivity contribution is 5.46. The zero-order valence-electron chi connectivity index (χ0n) is 9.86. The molecule has 1 saturated heterocycles. The average molecular weight is 219 g/mol. The Kier molecular flexibility index (Phi) is 4.17. The van der Waals surface area contributed by atoms with E-state index in [4.69, 9.17) is 5.73 Å². The largest absolute Gasteiger partial charge is 0.371 e. The van der Waals surface area contributed by atoms with Gasteiger partial charge in [-0.3, -0.25) is 4.98 Å². The molecule has 1 fully saturated rings. The van der Waals surface area contributed by atoms with E-state index < -0.39 is 0 Å². The van der Waals surface area contributed by atoms with E-state index in [-0.39, 0.29) is 0 Å². The smallest absolute Gasteiger partial charge is 0.0424 e. The van der Waals surface area contributed by atoms with E-state index in [9.17, 15) is 0 Å². The number of nitrogens with two attached hydrogens (primary N) is 1. The van der Waals surface area contributed by atoms with Crippen LogP contribution in [0.25, 0.3) is 0 Å². The first-order valence-corrected chi connectivity index (χ1v) is 6.30. The summed E-state index contributed by atoms with van der Waals surface area (Å²) < 4.78 is 0. The van der Waals surface area contributed by atoms with Crippen molar-refractivity contribution in [2.24, 2.45) is 5.73 Å². The van der Waals surface area contributed by atoms with Crippen LogP contribution in [0.3, 0.4) is 0 Å². The minimum atomic E-state index is 0.746. The Labute approximate surface area is 97.7 Å². The van der Waals surface area contributed by atoms with E-state index >= 15 is 0 Å². The Morgan fingerprint density at radius 2 is 2.06 bits per heavy atom. The van der Waals surface area contributed by atoms with Gasteiger partial charge in [0.25, 0.3) is 0 Å². The molecule has 2 rings (SSSR count). The maximum absolute atomic E-state index is 5.52. The molecular formula is C13H21N3. The first-order chi connectivity index (χ1) is 7.90. The zero-order chi connectivity index (χ0) is 11.2. The van der Waals surface area contributed by atoms with Gasteiger partial charge in [-0.1, -0.05) is 0 Å². The topological polar surface area (TPSA) is 42.1 Å². The second-order valence-electron chi connectivity index (χ2n) is 4.45. The predicted molar refractivity (Wildman–Crippen MR) is 67.7 cm³/mol. The maximum atomic E-state index is 5.52. The summed E-state index contributed by atoms with van der Waals surface area (Å²) in [6.07, 6.45) is 7.97. The summed E-state index contributed by atoms with van der Waals surface area (Å²) in [6.45, 7) is 3.14. The molecule has 0 bridgehead atoms. The van der Waals surface area contributed by atoms with E-state index in [1.165, 1.54) is 43.7 Å². The zero-order valence-corrected chi connectivity index (χ0v) is 9.86. The van der Waals surface area contributed by atoms with Gasteiger partial charge in [-0.05, 0) is 50.8 Å². The van der Waals surface area contributed by atoms with E-state index in [1.807, 2.05) is 6.20 Å². The molecule has 0 radical (unpaired) electrons. The standard InChI is InChI=1S/C13H21N3/c14-7-4-5-12-11-13(6-8-15-12)16-9-2-1-3-10-16/h6,8,11H,1-5,7,9-10,14H2. The molecule has 3 nitrogen and oxygen atoms in total. The van der Waals surface area contributed by atoms with Crippen molar-refractivity contribution in [2.45, 2.75) is 32.1 Å². The van der Waals surface area contributed by atoms with Crippen molar-refractivity contribution in [3.63, 3.8) is 0 Å². The van der Waals surface area contributed by atoms with Gasteiger partial charge < -0.3 is 10.6 Å². The average Bonchev–Trinajstić information content (AvgIpc) is 2.38. The molecule has 1 aliphatic heterocycles. The van der Waals surface area contributed by atoms with Crippen LogP contribution >= 0.6 is 0 Å². The molecule has 0 spiro atoms. The highest BCUT2D eigenvalue weighted by Gasteiger charge is 2.11. The van der Waals surface area contributed by atoms with Crippen LogP contribution in [0.2, 0.25) is 0 Å². The monoisotopic (exact) mass is 219 g/mol. The number of rotatable bonds is 4. The summed E-state index contributed by atoms with van der Waals surface area (Å²) in [4.78, 5) is 6.86. The number of pyridine rings is 1. The Morgan fingerprint density at radius 1 is 1.25 bits per heavy atom. The highest BCUT2D eigenvalue weighted by Crippen LogP contribution is 2.20. The highest BCUT2D eigenvalue weighted by atomic mass is 15.1. The maximum Gasteiger partial charge on any atom is 0.0424 e. The fourth-order valence-corrected chi connectivity index (χ4v) is 2.23. The molecule has 0 atom stereocenters. The van der Waals surface area contributed by atoms with E-state index in [0.717, 1.165) is 19.4 Å². The normalized spacial score (nSPS) is 16.4. The Balaban J connectivity index is 2.02. The van der Waals surface area contributed by atoms with Gasteiger partial charge in [-0.15, -0.1) is 0 Å². The van der Waals surface area contributed by atoms with Crippen molar-refractivity contribution in [3.05, 3.63) is 24.0 Å². The number of nitrogens with zero attached hydrogens (tertiary/aromatic N) is 2. The van der Waals surface area contributed by atoms with Gasteiger partial charge in [0.1, 0.15) is 0 Å². The van der Waals surface area contributed by atoms with Crippen LogP contribution < -0.4 is 10.6 Å². The lowest BCUT2D eigenvalue weighted by atomic mass is 10.1. The molecule has 0 aliphatic carbocycles. The van der Waals surface area contributed by atoms with E-state index in [2.05, 4.69) is 22.0 Å². The summed E-state index contributed by atoms with van der Waals surface area (Å²) >= 11 is 0. The molecule has 0 aromatic carbocycles. The quantitative estimate of drug-likeness (QED) is 0.841. The first kappa shape index (κ1) is 11.4. The van der Waals surface area contributed by atoms with Crippen LogP contribution in [0.5, 0.6) is 0 Å². The summed E-state index contributed by atoms with van der Waals surface area (Å²) in [6, 6.07) is 4.35. The molecule has 0 saturated carbocycles. The van der Waals surface area contributed by atoms with Crippen LogP contribution in [0.4, 0.5) is 5.69 Å². The van der Waals surface area contributed by atoms with Gasteiger partial charge in [0.05, 0.1) is 0 Å². The third-order valence-electron chi connectivity index (χ3n) is 3.16. The van der Waals surface area contributed by atoms with Crippen LogP contribution in [-0.2, 0) is 6.42 Å². The second-order valence-corrected chi connectivity index (χ2v) is 4.45. The molecule has 1 aliphatic rings. The van der Waals surface area contributed by atoms with Crippen LogP contribution in [0.1, 0.15) is 31.4 Å². The molecule has 0 unspecified atom stereocenters. The van der Waals surface area contributed by atoms with Gasteiger partial charge in [0.15, 0.2) is 0 Å². The van der Waals surface area contributed by atoms with Crippen molar-refractivity contribution in [3.8, 4) is 0 Å². The minimum Gasteiger partial charge on any atom is -0.371 e. The summed E-state index contributed by atoms with van der Waals surface area (Å²) in [5.74, 6) is 0. The fraction of sp³-hybridized carbons (Fsp3) is 0.615. The first-order valence-electron chi connectivity index (χ1n) is 6.30. The van der Waals surface area contributed by atoms with Crippen molar-refractivity contribution < 1.29 is 0 Å². The van der Waals surface area contributed by atoms with Crippen molar-refractivity contribution in [1.82, 2.24) is 4.98 Å². The Bertz CT molecular complexity index is 319. The molecule has 1 aromatic heterocycles. The SMILES string of the molecule is NCCCc1cc(N2CCCCC2)ccn1. The lowest BCUT2D eigenvalue weighted by Crippen LogP contribution is -2.29. The van der Waals surface area contributed by atoms with Gasteiger partial charge in [0.2, 0.25) is 0 Å². The molecule has 3 heteroatoms. The summed E-state index contributed by atoms with van der Waals surface area (Å²) in [5.41, 5.74) is 8.03. The molecular weight excluding hydrogens is 198 g/mol. The number of piperidine rings is 1. The number of hydrogen-bond donors (Lipinski definition) is 1. The molecule has 16 heavy (non-hydrogen) atoms. The van der Waals surface area contributed by atoms with Crippen molar-refractivity contribution >= 4 is 5.69 Å². The van der Waals surface area contributed by atoms with Crippen LogP contribution in [0, 0.1) is 0 Å². The van der Waals surface area contributed by atoms with Gasteiger partial charge in [-0.2, -0.15) is 0 Å².